The number of rotatable bonds is 4. The Morgan fingerprint density at radius 1 is 1.06 bits per heavy atom. The fourth-order valence-electron chi connectivity index (χ4n) is 3.18. The zero-order valence-electron chi connectivity index (χ0n) is 20.3. The Labute approximate surface area is 205 Å². The van der Waals surface area contributed by atoms with Gasteiger partial charge >= 0.3 is 0 Å². The lowest BCUT2D eigenvalue weighted by Crippen LogP contribution is -2.35. The minimum Gasteiger partial charge on any atom is -0.447 e. The number of carbonyl (C=O) groups is 1. The van der Waals surface area contributed by atoms with Crippen LogP contribution in [0.15, 0.2) is 73.6 Å². The van der Waals surface area contributed by atoms with E-state index in [4.69, 9.17) is 9.47 Å². The molecule has 1 amide bonds. The Balaban J connectivity index is 0.000000368. The van der Waals surface area contributed by atoms with E-state index in [1.54, 1.807) is 25.1 Å². The molecule has 2 aromatic rings. The summed E-state index contributed by atoms with van der Waals surface area (Å²) in [5, 5.41) is 0. The van der Waals surface area contributed by atoms with Gasteiger partial charge in [-0.2, -0.15) is 0 Å². The Kier molecular flexibility index (Phi) is 10.6. The highest BCUT2D eigenvalue weighted by molar-refractivity contribution is 5.95. The maximum absolute atomic E-state index is 13.9. The summed E-state index contributed by atoms with van der Waals surface area (Å²) in [4.78, 5) is 14.4. The van der Waals surface area contributed by atoms with E-state index in [1.165, 1.54) is 6.07 Å². The number of ether oxygens (including phenoxy) is 2. The minimum absolute atomic E-state index is 0.0393. The number of halogens is 3. The molecule has 1 saturated heterocycles. The second-order valence-corrected chi connectivity index (χ2v) is 8.13. The fourth-order valence-corrected chi connectivity index (χ4v) is 3.18. The topological polar surface area (TPSA) is 38.8 Å². The molecule has 2 aliphatic rings. The summed E-state index contributed by atoms with van der Waals surface area (Å²) in [6.45, 7) is 14.9. The van der Waals surface area contributed by atoms with Crippen molar-refractivity contribution in [3.63, 3.8) is 0 Å². The highest BCUT2D eigenvalue weighted by Crippen LogP contribution is 2.41. The number of hydrogen-bond acceptors (Lipinski definition) is 3. The average Bonchev–Trinajstić information content (AvgIpc) is 3.27. The van der Waals surface area contributed by atoms with E-state index >= 15 is 0 Å². The quantitative estimate of drug-likeness (QED) is 0.328. The van der Waals surface area contributed by atoms with Gasteiger partial charge in [-0.3, -0.25) is 4.79 Å². The van der Waals surface area contributed by atoms with Crippen LogP contribution in [0.2, 0.25) is 0 Å². The van der Waals surface area contributed by atoms with Crippen LogP contribution in [-0.4, -0.2) is 23.9 Å². The van der Waals surface area contributed by atoms with Crippen LogP contribution in [0, 0.1) is 11.6 Å². The monoisotopic (exact) mass is 487 g/mol. The Bertz CT molecular complexity index is 1050. The second kappa shape index (κ2) is 13.4. The van der Waals surface area contributed by atoms with Gasteiger partial charge in [0.25, 0.3) is 12.2 Å². The van der Waals surface area contributed by atoms with Crippen molar-refractivity contribution < 1.29 is 27.4 Å². The molecule has 1 atom stereocenters. The molecule has 0 spiro atoms. The Hall–Kier alpha value is -3.48. The predicted octanol–water partition coefficient (Wildman–Crippen LogP) is 7.69. The number of nitrogens with zero attached hydrogens (tertiary/aromatic N) is 1. The number of fused-ring (bicyclic) bond motifs is 1. The molecule has 2 heterocycles. The van der Waals surface area contributed by atoms with E-state index in [0.717, 1.165) is 50.9 Å². The van der Waals surface area contributed by atoms with Gasteiger partial charge in [-0.15, -0.1) is 6.58 Å². The normalized spacial score (nSPS) is 15.7. The first-order valence-corrected chi connectivity index (χ1v) is 11.5. The molecule has 1 unspecified atom stereocenters. The van der Waals surface area contributed by atoms with E-state index in [0.29, 0.717) is 22.6 Å². The molecule has 35 heavy (non-hydrogen) atoms. The molecule has 7 heteroatoms. The summed E-state index contributed by atoms with van der Waals surface area (Å²) in [7, 11) is 0. The van der Waals surface area contributed by atoms with Crippen molar-refractivity contribution in [1.82, 2.24) is 4.90 Å². The molecule has 2 aliphatic heterocycles. The van der Waals surface area contributed by atoms with E-state index in [2.05, 4.69) is 26.7 Å². The number of amides is 1. The van der Waals surface area contributed by atoms with Crippen molar-refractivity contribution in [3.8, 4) is 11.5 Å². The molecule has 0 aromatic heterocycles. The predicted molar refractivity (Wildman–Crippen MR) is 132 cm³/mol. The van der Waals surface area contributed by atoms with E-state index in [1.807, 2.05) is 11.0 Å². The van der Waals surface area contributed by atoms with Gasteiger partial charge in [0.05, 0.1) is 5.56 Å². The third kappa shape index (κ3) is 8.05. The molecule has 2 aromatic carbocycles. The third-order valence-corrected chi connectivity index (χ3v) is 5.27. The third-order valence-electron chi connectivity index (χ3n) is 5.27. The zero-order valence-corrected chi connectivity index (χ0v) is 20.3. The van der Waals surface area contributed by atoms with Gasteiger partial charge in [-0.1, -0.05) is 26.2 Å². The van der Waals surface area contributed by atoms with Crippen LogP contribution in [0.3, 0.4) is 0 Å². The molecule has 188 valence electrons. The summed E-state index contributed by atoms with van der Waals surface area (Å²) in [6, 6.07) is 8.18. The van der Waals surface area contributed by atoms with Gasteiger partial charge in [-0.05, 0) is 68.5 Å². The van der Waals surface area contributed by atoms with Crippen LogP contribution in [-0.2, 0) is 0 Å². The average molecular weight is 488 g/mol. The van der Waals surface area contributed by atoms with Crippen molar-refractivity contribution in [2.24, 2.45) is 0 Å². The van der Waals surface area contributed by atoms with Crippen LogP contribution in [0.4, 0.5) is 13.2 Å². The molecule has 4 rings (SSSR count). The zero-order chi connectivity index (χ0) is 26.0. The molecular weight excluding hydrogens is 455 g/mol. The Morgan fingerprint density at radius 3 is 2.20 bits per heavy atom. The maximum Gasteiger partial charge on any atom is 0.270 e. The van der Waals surface area contributed by atoms with Crippen molar-refractivity contribution >= 4 is 5.91 Å². The highest BCUT2D eigenvalue weighted by Gasteiger charge is 2.30. The fraction of sp³-hybridized carbons (Fsp3) is 0.321. The van der Waals surface area contributed by atoms with Crippen molar-refractivity contribution in [1.29, 1.82) is 0 Å². The van der Waals surface area contributed by atoms with Crippen LogP contribution in [0.25, 0.3) is 0 Å². The number of allylic oxidation sites excluding steroid dienone is 3. The van der Waals surface area contributed by atoms with Gasteiger partial charge < -0.3 is 14.4 Å². The van der Waals surface area contributed by atoms with E-state index in [-0.39, 0.29) is 11.5 Å². The van der Waals surface area contributed by atoms with Crippen molar-refractivity contribution in [3.05, 3.63) is 96.4 Å². The number of hydrogen-bond donors (Lipinski definition) is 0. The molecule has 0 radical (unpaired) electrons. The van der Waals surface area contributed by atoms with Crippen LogP contribution in [0.5, 0.6) is 11.5 Å². The second-order valence-electron chi connectivity index (χ2n) is 8.13. The lowest BCUT2D eigenvalue weighted by Gasteiger charge is -2.26. The Morgan fingerprint density at radius 2 is 1.66 bits per heavy atom. The van der Waals surface area contributed by atoms with Gasteiger partial charge in [0.2, 0.25) is 0 Å². The first kappa shape index (κ1) is 27.8. The van der Waals surface area contributed by atoms with E-state index < -0.39 is 23.8 Å². The molecule has 0 bridgehead atoms. The molecule has 0 aliphatic carbocycles. The maximum atomic E-state index is 13.9. The first-order valence-electron chi connectivity index (χ1n) is 11.5. The number of carbonyl (C=O) groups excluding carboxylic acids is 1. The van der Waals surface area contributed by atoms with Crippen molar-refractivity contribution in [2.45, 2.75) is 45.8 Å². The van der Waals surface area contributed by atoms with Crippen LogP contribution in [0.1, 0.15) is 61.7 Å². The van der Waals surface area contributed by atoms with Gasteiger partial charge in [-0.25, -0.2) is 13.2 Å². The number of piperidine rings is 1. The summed E-state index contributed by atoms with van der Waals surface area (Å²) < 4.78 is 49.7. The molecule has 4 nitrogen and oxygen atoms in total. The minimum atomic E-state index is -0.990. The summed E-state index contributed by atoms with van der Waals surface area (Å²) in [6.07, 6.45) is 5.15. The smallest absolute Gasteiger partial charge is 0.270 e. The molecule has 0 saturated carbocycles. The van der Waals surface area contributed by atoms with E-state index in [9.17, 15) is 18.0 Å². The number of likely N-dealkylation sites (tertiary alicyclic amines) is 1. The SMILES string of the molecule is C=C(C)C(=C)F.C=CCC.O=C(c1ccc2c(c1)OC(c1ccc(F)cc1F)O2)N1CCCCC1. The lowest BCUT2D eigenvalue weighted by molar-refractivity contribution is 0.0452. The lowest BCUT2D eigenvalue weighted by atomic mass is 10.1. The van der Waals surface area contributed by atoms with Gasteiger partial charge in [0, 0.05) is 24.7 Å². The number of benzene rings is 2. The van der Waals surface area contributed by atoms with Gasteiger partial charge in [0.15, 0.2) is 11.5 Å². The largest absolute Gasteiger partial charge is 0.447 e. The summed E-state index contributed by atoms with van der Waals surface area (Å²) in [5.74, 6) is -1.05. The van der Waals surface area contributed by atoms with Crippen LogP contribution >= 0.6 is 0 Å². The molecule has 0 N–H and O–H groups in total. The molecule has 1 fully saturated rings. The first-order chi connectivity index (χ1) is 16.7. The summed E-state index contributed by atoms with van der Waals surface area (Å²) >= 11 is 0. The summed E-state index contributed by atoms with van der Waals surface area (Å²) in [5.41, 5.74) is 1.03. The molecular formula is C28H32F3NO3. The highest BCUT2D eigenvalue weighted by atomic mass is 19.1. The van der Waals surface area contributed by atoms with Gasteiger partial charge in [0.1, 0.15) is 17.5 Å². The standard InChI is InChI=1S/C19H17F2NO3.C5H7F.C4H8/c20-13-5-6-14(15(21)11-13)19-24-16-7-4-12(10-17(16)25-19)18(23)22-8-2-1-3-9-22;1-4(2)5(3)6;1-3-4-2/h4-7,10-11,19H,1-3,8-9H2;1,3H2,2H3;3H,1,4H2,2H3. The van der Waals surface area contributed by atoms with Crippen molar-refractivity contribution in [2.75, 3.05) is 13.1 Å². The van der Waals surface area contributed by atoms with Crippen LogP contribution < -0.4 is 9.47 Å².